The number of hydrogen-bond acceptors (Lipinski definition) is 2. The number of para-hydroxylation sites is 2. The van der Waals surface area contributed by atoms with Gasteiger partial charge in [-0.3, -0.25) is 0 Å². The van der Waals surface area contributed by atoms with Crippen LogP contribution in [-0.4, -0.2) is 10.7 Å². The van der Waals surface area contributed by atoms with Crippen LogP contribution in [0.4, 0.5) is 0 Å². The van der Waals surface area contributed by atoms with Gasteiger partial charge in [-0.15, -0.1) is 0 Å². The Kier molecular flexibility index (Phi) is 2.93. The maximum atomic E-state index is 6.07. The summed E-state index contributed by atoms with van der Waals surface area (Å²) in [6.45, 7) is 1.39. The topological polar surface area (TPSA) is 40.2 Å². The first-order valence-corrected chi connectivity index (χ1v) is 7.37. The summed E-state index contributed by atoms with van der Waals surface area (Å²) < 4.78 is 8.36. The highest BCUT2D eigenvalue weighted by Gasteiger charge is 2.23. The number of hydrogen-bond donors (Lipinski definition) is 1. The molecule has 3 heteroatoms. The van der Waals surface area contributed by atoms with Gasteiger partial charge >= 0.3 is 0 Å². The summed E-state index contributed by atoms with van der Waals surface area (Å²) in [5.41, 5.74) is 9.61. The van der Waals surface area contributed by atoms with E-state index in [4.69, 9.17) is 10.5 Å². The predicted molar refractivity (Wildman–Crippen MR) is 84.4 cm³/mol. The molecule has 0 fully saturated rings. The normalized spacial score (nSPS) is 16.9. The molecule has 1 aliphatic rings. The van der Waals surface area contributed by atoms with Crippen LogP contribution in [0, 0.1) is 0 Å². The zero-order chi connectivity index (χ0) is 14.2. The average molecular weight is 278 g/mol. The Balaban J connectivity index is 1.66. The van der Waals surface area contributed by atoms with Gasteiger partial charge in [0.2, 0.25) is 0 Å². The lowest BCUT2D eigenvalue weighted by Gasteiger charge is -2.15. The van der Waals surface area contributed by atoms with Crippen molar-refractivity contribution in [3.8, 4) is 5.75 Å². The predicted octanol–water partition coefficient (Wildman–Crippen LogP) is 3.10. The molecule has 1 atom stereocenters. The fourth-order valence-electron chi connectivity index (χ4n) is 3.21. The largest absolute Gasteiger partial charge is 0.488 e. The zero-order valence-electron chi connectivity index (χ0n) is 11.8. The van der Waals surface area contributed by atoms with Crippen molar-refractivity contribution in [2.24, 2.45) is 5.73 Å². The Morgan fingerprint density at radius 3 is 2.76 bits per heavy atom. The molecule has 3 aromatic rings. The van der Waals surface area contributed by atoms with Crippen molar-refractivity contribution in [3.05, 3.63) is 65.9 Å². The van der Waals surface area contributed by atoms with Gasteiger partial charge in [-0.05, 0) is 29.1 Å². The van der Waals surface area contributed by atoms with Crippen LogP contribution in [0.5, 0.6) is 5.75 Å². The minimum Gasteiger partial charge on any atom is -0.488 e. The molecule has 0 spiro atoms. The second-order valence-corrected chi connectivity index (χ2v) is 5.56. The minimum absolute atomic E-state index is 0.184. The molecule has 0 saturated carbocycles. The van der Waals surface area contributed by atoms with Crippen LogP contribution in [0.25, 0.3) is 10.9 Å². The van der Waals surface area contributed by atoms with Crippen molar-refractivity contribution in [2.75, 3.05) is 0 Å². The number of aromatic nitrogens is 1. The van der Waals surface area contributed by atoms with E-state index in [2.05, 4.69) is 47.0 Å². The Morgan fingerprint density at radius 1 is 1.10 bits per heavy atom. The summed E-state index contributed by atoms with van der Waals surface area (Å²) in [7, 11) is 0. The highest BCUT2D eigenvalue weighted by atomic mass is 16.5. The number of benzene rings is 2. The van der Waals surface area contributed by atoms with Crippen LogP contribution in [-0.2, 0) is 19.5 Å². The monoisotopic (exact) mass is 278 g/mol. The third-order valence-electron chi connectivity index (χ3n) is 4.21. The Bertz CT molecular complexity index is 766. The molecule has 0 aliphatic carbocycles. The third kappa shape index (κ3) is 2.10. The van der Waals surface area contributed by atoms with Crippen molar-refractivity contribution in [3.63, 3.8) is 0 Å². The van der Waals surface area contributed by atoms with E-state index in [1.165, 1.54) is 16.5 Å². The first kappa shape index (κ1) is 12.5. The fraction of sp³-hybridized carbons (Fsp3) is 0.222. The molecule has 2 heterocycles. The SMILES string of the molecule is NCc1cc2ccccc2n1CC1Cc2ccccc2O1. The molecule has 21 heavy (non-hydrogen) atoms. The summed E-state index contributed by atoms with van der Waals surface area (Å²) in [5, 5.41) is 1.24. The van der Waals surface area contributed by atoms with E-state index in [-0.39, 0.29) is 6.10 Å². The number of nitrogens with zero attached hydrogens (tertiary/aromatic N) is 1. The Labute approximate surface area is 123 Å². The summed E-state index contributed by atoms with van der Waals surface area (Å²) in [6, 6.07) is 18.9. The van der Waals surface area contributed by atoms with Crippen LogP contribution in [0.1, 0.15) is 11.3 Å². The van der Waals surface area contributed by atoms with E-state index in [0.717, 1.165) is 24.4 Å². The highest BCUT2D eigenvalue weighted by molar-refractivity contribution is 5.81. The van der Waals surface area contributed by atoms with Gasteiger partial charge in [0, 0.05) is 24.2 Å². The molecule has 0 radical (unpaired) electrons. The van der Waals surface area contributed by atoms with E-state index >= 15 is 0 Å². The Morgan fingerprint density at radius 2 is 1.90 bits per heavy atom. The van der Waals surface area contributed by atoms with Crippen LogP contribution >= 0.6 is 0 Å². The third-order valence-corrected chi connectivity index (χ3v) is 4.21. The van der Waals surface area contributed by atoms with E-state index in [1.807, 2.05) is 12.1 Å². The lowest BCUT2D eigenvalue weighted by molar-refractivity contribution is 0.210. The molecule has 106 valence electrons. The molecular formula is C18H18N2O. The molecule has 0 amide bonds. The zero-order valence-corrected chi connectivity index (χ0v) is 11.8. The first-order valence-electron chi connectivity index (χ1n) is 7.37. The molecule has 2 N–H and O–H groups in total. The molecule has 1 unspecified atom stereocenters. The van der Waals surface area contributed by atoms with Crippen molar-refractivity contribution in [1.29, 1.82) is 0 Å². The van der Waals surface area contributed by atoms with Gasteiger partial charge in [0.25, 0.3) is 0 Å². The van der Waals surface area contributed by atoms with Gasteiger partial charge in [0.05, 0.1) is 6.54 Å². The van der Waals surface area contributed by atoms with E-state index < -0.39 is 0 Å². The molecule has 1 aromatic heterocycles. The summed E-state index contributed by atoms with van der Waals surface area (Å²) >= 11 is 0. The average Bonchev–Trinajstić information content (AvgIpc) is 3.08. The second kappa shape index (κ2) is 4.93. The van der Waals surface area contributed by atoms with Gasteiger partial charge in [0.15, 0.2) is 0 Å². The lowest BCUT2D eigenvalue weighted by atomic mass is 10.1. The van der Waals surface area contributed by atoms with Gasteiger partial charge in [0.1, 0.15) is 11.9 Å². The summed E-state index contributed by atoms with van der Waals surface area (Å²) in [5.74, 6) is 1.02. The van der Waals surface area contributed by atoms with Crippen LogP contribution in [0.3, 0.4) is 0 Å². The summed E-state index contributed by atoms with van der Waals surface area (Å²) in [4.78, 5) is 0. The molecule has 0 saturated heterocycles. The van der Waals surface area contributed by atoms with Crippen LogP contribution < -0.4 is 10.5 Å². The van der Waals surface area contributed by atoms with Gasteiger partial charge in [-0.1, -0.05) is 36.4 Å². The first-order chi connectivity index (χ1) is 10.3. The molecule has 0 bridgehead atoms. The van der Waals surface area contributed by atoms with E-state index in [1.54, 1.807) is 0 Å². The van der Waals surface area contributed by atoms with Crippen LogP contribution in [0.2, 0.25) is 0 Å². The van der Waals surface area contributed by atoms with E-state index in [9.17, 15) is 0 Å². The number of rotatable bonds is 3. The molecule has 3 nitrogen and oxygen atoms in total. The van der Waals surface area contributed by atoms with Crippen molar-refractivity contribution in [2.45, 2.75) is 25.6 Å². The van der Waals surface area contributed by atoms with Crippen molar-refractivity contribution in [1.82, 2.24) is 4.57 Å². The second-order valence-electron chi connectivity index (χ2n) is 5.56. The summed E-state index contributed by atoms with van der Waals surface area (Å²) in [6.07, 6.45) is 1.15. The standard InChI is InChI=1S/C18H18N2O/c19-11-15-9-13-5-1-3-7-17(13)20(15)12-16-10-14-6-2-4-8-18(14)21-16/h1-9,16H,10-12,19H2. The lowest BCUT2D eigenvalue weighted by Crippen LogP contribution is -2.22. The Hall–Kier alpha value is -2.26. The van der Waals surface area contributed by atoms with E-state index in [0.29, 0.717) is 6.54 Å². The van der Waals surface area contributed by atoms with Crippen molar-refractivity contribution < 1.29 is 4.74 Å². The molecule has 2 aromatic carbocycles. The number of ether oxygens (including phenoxy) is 1. The minimum atomic E-state index is 0.184. The smallest absolute Gasteiger partial charge is 0.123 e. The number of fused-ring (bicyclic) bond motifs is 2. The van der Waals surface area contributed by atoms with Crippen molar-refractivity contribution >= 4 is 10.9 Å². The quantitative estimate of drug-likeness (QED) is 0.799. The molecular weight excluding hydrogens is 260 g/mol. The van der Waals surface area contributed by atoms with Gasteiger partial charge in [-0.25, -0.2) is 0 Å². The maximum absolute atomic E-state index is 6.07. The molecule has 4 rings (SSSR count). The van der Waals surface area contributed by atoms with Gasteiger partial charge < -0.3 is 15.0 Å². The fourth-order valence-corrected chi connectivity index (χ4v) is 3.21. The highest BCUT2D eigenvalue weighted by Crippen LogP contribution is 2.30. The molecule has 1 aliphatic heterocycles. The van der Waals surface area contributed by atoms with Gasteiger partial charge in [-0.2, -0.15) is 0 Å². The maximum Gasteiger partial charge on any atom is 0.123 e. The van der Waals surface area contributed by atoms with Crippen LogP contribution in [0.15, 0.2) is 54.6 Å². The number of nitrogens with two attached hydrogens (primary N) is 1.